The maximum atomic E-state index is 11.4. The van der Waals surface area contributed by atoms with Crippen molar-refractivity contribution in [1.29, 1.82) is 0 Å². The average molecular weight is 246 g/mol. The van der Waals surface area contributed by atoms with Gasteiger partial charge in [0.05, 0.1) is 0 Å². The summed E-state index contributed by atoms with van der Waals surface area (Å²) in [4.78, 5) is 11.4. The molecule has 0 heterocycles. The van der Waals surface area contributed by atoms with Crippen LogP contribution in [0, 0.1) is 0 Å². The molecule has 0 aromatic heterocycles. The van der Waals surface area contributed by atoms with Crippen molar-refractivity contribution in [2.24, 2.45) is 0 Å². The van der Waals surface area contributed by atoms with Crippen LogP contribution < -0.4 is 0 Å². The third-order valence-electron chi connectivity index (χ3n) is 1.62. The van der Waals surface area contributed by atoms with Gasteiger partial charge in [0, 0.05) is 5.56 Å². The Bertz CT molecular complexity index is 389. The summed E-state index contributed by atoms with van der Waals surface area (Å²) in [5.41, 5.74) is 0.0518. The zero-order valence-electron chi connectivity index (χ0n) is 7.32. The number of carbonyl (C=O) groups excluding carboxylic acids is 1. The minimum atomic E-state index is -2.98. The van der Waals surface area contributed by atoms with Gasteiger partial charge in [0.1, 0.15) is 4.58 Å². The van der Waals surface area contributed by atoms with Crippen molar-refractivity contribution in [2.45, 2.75) is 4.58 Å². The molecule has 15 heavy (non-hydrogen) atoms. The Labute approximate surface area is 91.1 Å². The van der Waals surface area contributed by atoms with Crippen molar-refractivity contribution in [1.82, 2.24) is 0 Å². The van der Waals surface area contributed by atoms with Crippen molar-refractivity contribution in [2.75, 3.05) is 0 Å². The van der Waals surface area contributed by atoms with E-state index in [-0.39, 0.29) is 5.56 Å². The summed E-state index contributed by atoms with van der Waals surface area (Å²) in [5, 5.41) is 0. The van der Waals surface area contributed by atoms with Gasteiger partial charge in [-0.15, -0.1) is 0 Å². The number of carbonyl (C=O) groups is 1. The molecule has 0 bridgehead atoms. The van der Waals surface area contributed by atoms with Crippen molar-refractivity contribution >= 4 is 27.9 Å². The Morgan fingerprint density at radius 1 is 1.07 bits per heavy atom. The van der Waals surface area contributed by atoms with E-state index in [4.69, 9.17) is 0 Å². The van der Waals surface area contributed by atoms with Crippen LogP contribution in [0.3, 0.4) is 0 Å². The lowest BCUT2D eigenvalue weighted by Crippen LogP contribution is -2.30. The lowest BCUT2D eigenvalue weighted by Gasteiger charge is -2.20. The molecule has 2 atom stereocenters. The zero-order chi connectivity index (χ0) is 11.4. The fraction of sp³-hybridized carbons (Fsp3) is 0.125. The van der Waals surface area contributed by atoms with E-state index in [1.54, 1.807) is 6.07 Å². The van der Waals surface area contributed by atoms with Gasteiger partial charge in [-0.1, -0.05) is 30.3 Å². The van der Waals surface area contributed by atoms with Crippen LogP contribution in [0.4, 0.5) is 0 Å². The minimum Gasteiger partial charge on any atom is -0.771 e. The molecule has 0 fully saturated rings. The minimum absolute atomic E-state index is 0.0518. The Hall–Kier alpha value is -0.890. The Morgan fingerprint density at radius 3 is 1.93 bits per heavy atom. The second kappa shape index (κ2) is 5.26. The smallest absolute Gasteiger partial charge is 0.188 e. The highest BCUT2D eigenvalue weighted by Gasteiger charge is 2.21. The van der Waals surface area contributed by atoms with Crippen molar-refractivity contribution in [3.05, 3.63) is 35.9 Å². The Kier molecular flexibility index (Phi) is 4.28. The normalized spacial score (nSPS) is 16.7. The topological polar surface area (TPSA) is 97.3 Å². The molecular formula is C8H6O5S2-2. The molecule has 2 unspecified atom stereocenters. The summed E-state index contributed by atoms with van der Waals surface area (Å²) in [5.74, 6) is -0.947. The fourth-order valence-electron chi connectivity index (χ4n) is 0.977. The van der Waals surface area contributed by atoms with E-state index >= 15 is 0 Å². The molecule has 0 N–H and O–H groups in total. The first-order valence-electron chi connectivity index (χ1n) is 3.79. The third-order valence-corrected chi connectivity index (χ3v) is 3.69. The number of ketones is 1. The SMILES string of the molecule is O=C(c1ccccc1)C(S(=O)[O-])S(=O)[O-]. The summed E-state index contributed by atoms with van der Waals surface area (Å²) >= 11 is -5.95. The average Bonchev–Trinajstić information content (AvgIpc) is 2.18. The summed E-state index contributed by atoms with van der Waals surface area (Å²) in [6, 6.07) is 7.38. The molecule has 0 aliphatic heterocycles. The first kappa shape index (κ1) is 12.2. The molecule has 82 valence electrons. The van der Waals surface area contributed by atoms with E-state index in [0.717, 1.165) is 0 Å². The fourth-order valence-corrected chi connectivity index (χ4v) is 2.11. The highest BCUT2D eigenvalue weighted by atomic mass is 32.3. The van der Waals surface area contributed by atoms with E-state index in [9.17, 15) is 22.3 Å². The van der Waals surface area contributed by atoms with Crippen LogP contribution in [0.5, 0.6) is 0 Å². The lowest BCUT2D eigenvalue weighted by molar-refractivity contribution is 0.101. The molecule has 0 saturated carbocycles. The number of hydrogen-bond acceptors (Lipinski definition) is 5. The molecule has 0 saturated heterocycles. The second-order valence-corrected chi connectivity index (χ2v) is 4.87. The highest BCUT2D eigenvalue weighted by molar-refractivity contribution is 7.99. The maximum Gasteiger partial charge on any atom is 0.188 e. The Balaban J connectivity index is 3.02. The van der Waals surface area contributed by atoms with Crippen LogP contribution in [0.1, 0.15) is 10.4 Å². The van der Waals surface area contributed by atoms with Gasteiger partial charge in [0.2, 0.25) is 0 Å². The predicted molar refractivity (Wildman–Crippen MR) is 52.4 cm³/mol. The molecule has 1 rings (SSSR count). The number of Topliss-reactive ketones (excluding diaryl/α,β-unsaturated/α-hetero) is 1. The van der Waals surface area contributed by atoms with E-state index < -0.39 is 32.5 Å². The monoisotopic (exact) mass is 246 g/mol. The Morgan fingerprint density at radius 2 is 1.53 bits per heavy atom. The quantitative estimate of drug-likeness (QED) is 0.548. The second-order valence-electron chi connectivity index (χ2n) is 2.58. The van der Waals surface area contributed by atoms with Gasteiger partial charge in [-0.25, -0.2) is 0 Å². The highest BCUT2D eigenvalue weighted by Crippen LogP contribution is 2.09. The standard InChI is InChI=1S/C8H8O5S2/c9-7(6-4-2-1-3-5-6)8(14(10)11)15(12)13/h1-5,8H,(H,10,11)(H,12,13)/p-2. The zero-order valence-corrected chi connectivity index (χ0v) is 8.95. The van der Waals surface area contributed by atoms with Crippen molar-refractivity contribution < 1.29 is 22.3 Å². The molecule has 1 aromatic rings. The maximum absolute atomic E-state index is 11.4. The summed E-state index contributed by atoms with van der Waals surface area (Å²) in [6.45, 7) is 0. The van der Waals surface area contributed by atoms with Crippen LogP contribution in [0.15, 0.2) is 30.3 Å². The van der Waals surface area contributed by atoms with Crippen LogP contribution in [-0.4, -0.2) is 27.9 Å². The van der Waals surface area contributed by atoms with Crippen LogP contribution in [0.2, 0.25) is 0 Å². The number of rotatable bonds is 4. The molecular weight excluding hydrogens is 240 g/mol. The summed E-state index contributed by atoms with van der Waals surface area (Å²) in [6.07, 6.45) is 0. The largest absolute Gasteiger partial charge is 0.771 e. The van der Waals surface area contributed by atoms with Crippen LogP contribution >= 0.6 is 0 Å². The van der Waals surface area contributed by atoms with Gasteiger partial charge in [-0.2, -0.15) is 0 Å². The molecule has 1 aromatic carbocycles. The van der Waals surface area contributed by atoms with Gasteiger partial charge in [0.15, 0.2) is 5.78 Å². The first-order valence-corrected chi connectivity index (χ1v) is 6.07. The van der Waals surface area contributed by atoms with E-state index in [0.29, 0.717) is 0 Å². The molecule has 0 spiro atoms. The van der Waals surface area contributed by atoms with E-state index in [2.05, 4.69) is 0 Å². The molecule has 0 radical (unpaired) electrons. The van der Waals surface area contributed by atoms with E-state index in [1.165, 1.54) is 24.3 Å². The number of hydrogen-bond donors (Lipinski definition) is 0. The third kappa shape index (κ3) is 3.03. The van der Waals surface area contributed by atoms with Crippen LogP contribution in [0.25, 0.3) is 0 Å². The molecule has 7 heteroatoms. The van der Waals surface area contributed by atoms with Gasteiger partial charge in [0.25, 0.3) is 0 Å². The molecule has 0 aliphatic rings. The van der Waals surface area contributed by atoms with Gasteiger partial charge < -0.3 is 9.11 Å². The van der Waals surface area contributed by atoms with E-state index in [1.807, 2.05) is 0 Å². The van der Waals surface area contributed by atoms with Crippen LogP contribution in [-0.2, 0) is 22.2 Å². The molecule has 0 amide bonds. The van der Waals surface area contributed by atoms with Gasteiger partial charge in [-0.05, 0) is 22.2 Å². The summed E-state index contributed by atoms with van der Waals surface area (Å²) < 4.78 is 40.1. The first-order chi connectivity index (χ1) is 7.04. The molecule has 5 nitrogen and oxygen atoms in total. The number of benzene rings is 1. The summed E-state index contributed by atoms with van der Waals surface area (Å²) in [7, 11) is 0. The van der Waals surface area contributed by atoms with Gasteiger partial charge in [-0.3, -0.25) is 13.2 Å². The predicted octanol–water partition coefficient (Wildman–Crippen LogP) is -0.0464. The van der Waals surface area contributed by atoms with Gasteiger partial charge >= 0.3 is 0 Å². The molecule has 0 aliphatic carbocycles. The van der Waals surface area contributed by atoms with Crippen molar-refractivity contribution in [3.8, 4) is 0 Å². The lowest BCUT2D eigenvalue weighted by atomic mass is 10.1. The van der Waals surface area contributed by atoms with Crippen molar-refractivity contribution in [3.63, 3.8) is 0 Å².